The second kappa shape index (κ2) is 7.43. The maximum absolute atomic E-state index is 12.3. The number of aromatic hydroxyl groups is 1. The van der Waals surface area contributed by atoms with E-state index in [1.54, 1.807) is 12.1 Å². The highest BCUT2D eigenvalue weighted by Gasteiger charge is 2.16. The molecule has 0 spiro atoms. The van der Waals surface area contributed by atoms with Crippen molar-refractivity contribution in [2.24, 2.45) is 5.10 Å². The van der Waals surface area contributed by atoms with Gasteiger partial charge in [-0.15, -0.1) is 11.3 Å². The molecule has 0 aliphatic carbocycles. The summed E-state index contributed by atoms with van der Waals surface area (Å²) >= 11 is 10.8. The highest BCUT2D eigenvalue weighted by Crippen LogP contribution is 2.35. The molecule has 0 fully saturated rings. The molecule has 0 aliphatic heterocycles. The summed E-state index contributed by atoms with van der Waals surface area (Å²) in [7, 11) is 1.45. The lowest BCUT2D eigenvalue weighted by atomic mass is 10.2. The van der Waals surface area contributed by atoms with Gasteiger partial charge in [-0.3, -0.25) is 4.79 Å². The fourth-order valence-electron chi connectivity index (χ4n) is 2.20. The second-order valence-electron chi connectivity index (χ2n) is 4.99. The molecule has 1 heterocycles. The average Bonchev–Trinajstić information content (AvgIpc) is 2.95. The van der Waals surface area contributed by atoms with Crippen molar-refractivity contribution in [1.29, 1.82) is 0 Å². The number of nitrogens with zero attached hydrogens (tertiary/aromatic N) is 1. The Balaban J connectivity index is 1.79. The monoisotopic (exact) mass is 438 g/mol. The van der Waals surface area contributed by atoms with Gasteiger partial charge in [0.15, 0.2) is 11.5 Å². The number of nitrogens with one attached hydrogen (secondary N) is 1. The Morgan fingerprint density at radius 1 is 1.40 bits per heavy atom. The molecule has 1 amide bonds. The number of methoxy groups -OCH3 is 1. The summed E-state index contributed by atoms with van der Waals surface area (Å²) in [5.41, 5.74) is 3.10. The minimum absolute atomic E-state index is 0.000688. The number of ether oxygens (including phenoxy) is 1. The summed E-state index contributed by atoms with van der Waals surface area (Å²) in [5, 5.41) is 15.0. The van der Waals surface area contributed by atoms with Crippen LogP contribution >= 0.6 is 38.9 Å². The molecule has 0 saturated heterocycles. The van der Waals surface area contributed by atoms with Crippen LogP contribution in [0.15, 0.2) is 46.0 Å². The predicted octanol–water partition coefficient (Wildman–Crippen LogP) is 4.80. The Hall–Kier alpha value is -2.09. The summed E-state index contributed by atoms with van der Waals surface area (Å²) in [6.45, 7) is 0. The van der Waals surface area contributed by atoms with Gasteiger partial charge in [0.2, 0.25) is 0 Å². The number of hydrogen-bond donors (Lipinski definition) is 2. The van der Waals surface area contributed by atoms with Crippen molar-refractivity contribution in [3.63, 3.8) is 0 Å². The molecule has 0 saturated carbocycles. The molecule has 5 nitrogen and oxygen atoms in total. The van der Waals surface area contributed by atoms with Crippen LogP contribution in [0.4, 0.5) is 0 Å². The minimum Gasteiger partial charge on any atom is -0.503 e. The van der Waals surface area contributed by atoms with Gasteiger partial charge < -0.3 is 9.84 Å². The van der Waals surface area contributed by atoms with Crippen molar-refractivity contribution in [2.75, 3.05) is 7.11 Å². The van der Waals surface area contributed by atoms with Crippen LogP contribution in [-0.4, -0.2) is 24.3 Å². The summed E-state index contributed by atoms with van der Waals surface area (Å²) in [4.78, 5) is 12.7. The first-order chi connectivity index (χ1) is 12.0. The number of hydrazone groups is 1. The van der Waals surface area contributed by atoms with Gasteiger partial charge in [-0.25, -0.2) is 5.43 Å². The fraction of sp³-hybridized carbons (Fsp3) is 0.0588. The Morgan fingerprint density at radius 3 is 2.88 bits per heavy atom. The van der Waals surface area contributed by atoms with Gasteiger partial charge in [-0.1, -0.05) is 29.8 Å². The molecular weight excluding hydrogens is 428 g/mol. The molecule has 0 atom stereocenters. The van der Waals surface area contributed by atoms with E-state index in [2.05, 4.69) is 26.5 Å². The first-order valence-corrected chi connectivity index (χ1v) is 9.07. The molecule has 0 bridgehead atoms. The standard InChI is InChI=1S/C17H12BrClN2O3S/c1-24-12-7-9(6-11(18)15(12)22)8-20-21-17(23)16-14(19)10-4-2-3-5-13(10)25-16/h2-8,22H,1H3,(H,21,23). The highest BCUT2D eigenvalue weighted by atomic mass is 79.9. The van der Waals surface area contributed by atoms with Crippen molar-refractivity contribution < 1.29 is 14.6 Å². The number of rotatable bonds is 4. The molecule has 0 unspecified atom stereocenters. The third kappa shape index (κ3) is 3.63. The largest absolute Gasteiger partial charge is 0.503 e. The van der Waals surface area contributed by atoms with Crippen LogP contribution in [-0.2, 0) is 0 Å². The van der Waals surface area contributed by atoms with E-state index in [0.717, 1.165) is 10.1 Å². The number of thiophene rings is 1. The van der Waals surface area contributed by atoms with Crippen molar-refractivity contribution in [1.82, 2.24) is 5.43 Å². The Labute approximate surface area is 161 Å². The van der Waals surface area contributed by atoms with Crippen LogP contribution in [0.3, 0.4) is 0 Å². The van der Waals surface area contributed by atoms with E-state index in [4.69, 9.17) is 16.3 Å². The second-order valence-corrected chi connectivity index (χ2v) is 7.28. The molecule has 128 valence electrons. The molecule has 8 heteroatoms. The molecule has 2 N–H and O–H groups in total. The highest BCUT2D eigenvalue weighted by molar-refractivity contribution is 9.10. The van der Waals surface area contributed by atoms with Crippen LogP contribution in [0.2, 0.25) is 5.02 Å². The number of benzene rings is 2. The van der Waals surface area contributed by atoms with Crippen molar-refractivity contribution in [3.8, 4) is 11.5 Å². The number of fused-ring (bicyclic) bond motifs is 1. The van der Waals surface area contributed by atoms with Crippen molar-refractivity contribution >= 4 is 61.1 Å². The lowest BCUT2D eigenvalue weighted by Crippen LogP contribution is -2.16. The lowest BCUT2D eigenvalue weighted by Gasteiger charge is -2.06. The minimum atomic E-state index is -0.382. The molecule has 25 heavy (non-hydrogen) atoms. The normalized spacial score (nSPS) is 11.2. The first kappa shape index (κ1) is 17.7. The maximum Gasteiger partial charge on any atom is 0.283 e. The summed E-state index contributed by atoms with van der Waals surface area (Å²) in [5.74, 6) is -0.0808. The molecular formula is C17H12BrClN2O3S. The predicted molar refractivity (Wildman–Crippen MR) is 104 cm³/mol. The van der Waals surface area contributed by atoms with E-state index in [0.29, 0.717) is 25.7 Å². The van der Waals surface area contributed by atoms with E-state index in [-0.39, 0.29) is 11.7 Å². The van der Waals surface area contributed by atoms with Crippen LogP contribution < -0.4 is 10.2 Å². The molecule has 2 aromatic carbocycles. The van der Waals surface area contributed by atoms with E-state index >= 15 is 0 Å². The number of phenols is 1. The number of carbonyl (C=O) groups excluding carboxylic acids is 1. The Kier molecular flexibility index (Phi) is 5.27. The summed E-state index contributed by atoms with van der Waals surface area (Å²) in [6, 6.07) is 10.8. The van der Waals surface area contributed by atoms with Crippen LogP contribution in [0.1, 0.15) is 15.2 Å². The molecule has 1 aromatic heterocycles. The van der Waals surface area contributed by atoms with Crippen molar-refractivity contribution in [2.45, 2.75) is 0 Å². The van der Waals surface area contributed by atoms with Crippen LogP contribution in [0.25, 0.3) is 10.1 Å². The number of amides is 1. The van der Waals surface area contributed by atoms with Gasteiger partial charge in [0.05, 0.1) is 22.8 Å². The Morgan fingerprint density at radius 2 is 2.16 bits per heavy atom. The third-order valence-corrected chi connectivity index (χ3v) is 5.67. The smallest absolute Gasteiger partial charge is 0.283 e. The zero-order chi connectivity index (χ0) is 18.0. The van der Waals surface area contributed by atoms with Gasteiger partial charge in [0.1, 0.15) is 4.88 Å². The zero-order valence-corrected chi connectivity index (χ0v) is 16.1. The molecule has 0 radical (unpaired) electrons. The summed E-state index contributed by atoms with van der Waals surface area (Å²) in [6.07, 6.45) is 1.45. The van der Waals surface area contributed by atoms with Crippen molar-refractivity contribution in [3.05, 3.63) is 56.3 Å². The SMILES string of the molecule is COc1cc(C=NNC(=O)c2sc3ccccc3c2Cl)cc(Br)c1O. The lowest BCUT2D eigenvalue weighted by molar-refractivity contribution is 0.0959. The van der Waals surface area contributed by atoms with Crippen LogP contribution in [0, 0.1) is 0 Å². The number of hydrogen-bond acceptors (Lipinski definition) is 5. The molecule has 0 aliphatic rings. The van der Waals surface area contributed by atoms with E-state index in [1.807, 2.05) is 24.3 Å². The average molecular weight is 440 g/mol. The van der Waals surface area contributed by atoms with Gasteiger partial charge in [0.25, 0.3) is 5.91 Å². The molecule has 3 rings (SSSR count). The fourth-order valence-corrected chi connectivity index (χ4v) is 4.07. The van der Waals surface area contributed by atoms with E-state index < -0.39 is 0 Å². The quantitative estimate of drug-likeness (QED) is 0.453. The van der Waals surface area contributed by atoms with E-state index in [9.17, 15) is 9.90 Å². The number of halogens is 2. The molecule has 3 aromatic rings. The van der Waals surface area contributed by atoms with E-state index in [1.165, 1.54) is 24.7 Å². The van der Waals surface area contributed by atoms with Gasteiger partial charge >= 0.3 is 0 Å². The maximum atomic E-state index is 12.3. The zero-order valence-electron chi connectivity index (χ0n) is 12.9. The topological polar surface area (TPSA) is 70.9 Å². The first-order valence-electron chi connectivity index (χ1n) is 7.08. The van der Waals surface area contributed by atoms with Gasteiger partial charge in [-0.2, -0.15) is 5.10 Å². The number of carbonyl (C=O) groups is 1. The van der Waals surface area contributed by atoms with Gasteiger partial charge in [0, 0.05) is 10.1 Å². The number of phenolic OH excluding ortho intramolecular Hbond substituents is 1. The summed E-state index contributed by atoms with van der Waals surface area (Å²) < 4.78 is 6.47. The van der Waals surface area contributed by atoms with Gasteiger partial charge in [-0.05, 0) is 39.7 Å². The third-order valence-electron chi connectivity index (χ3n) is 3.39. The van der Waals surface area contributed by atoms with Crippen LogP contribution in [0.5, 0.6) is 11.5 Å². The Bertz CT molecular complexity index is 987.